The van der Waals surface area contributed by atoms with Crippen LogP contribution in [0.5, 0.6) is 0 Å². The third kappa shape index (κ3) is 4.92. The van der Waals surface area contributed by atoms with Gasteiger partial charge in [-0.2, -0.15) is 0 Å². The largest absolute Gasteiger partial charge is 0.461 e. The van der Waals surface area contributed by atoms with Crippen molar-refractivity contribution in [3.05, 3.63) is 93.3 Å². The monoisotopic (exact) mass is 475 g/mol. The maximum Gasteiger partial charge on any atom is 0.348 e. The summed E-state index contributed by atoms with van der Waals surface area (Å²) in [6, 6.07) is 18.1. The molecule has 0 fully saturated rings. The number of carbonyl (C=O) groups is 2. The van der Waals surface area contributed by atoms with Gasteiger partial charge in [-0.3, -0.25) is 14.2 Å². The molecule has 4 rings (SSSR count). The highest BCUT2D eigenvalue weighted by Crippen LogP contribution is 2.28. The molecule has 0 radical (unpaired) electrons. The number of hydrogen-bond acceptors (Lipinski definition) is 6. The zero-order chi connectivity index (χ0) is 24.1. The highest BCUT2D eigenvalue weighted by Gasteiger charge is 2.25. The van der Waals surface area contributed by atoms with Gasteiger partial charge in [0.05, 0.1) is 18.3 Å². The van der Waals surface area contributed by atoms with E-state index in [1.54, 1.807) is 19.1 Å². The molecule has 2 heterocycles. The third-order valence-electron chi connectivity index (χ3n) is 5.59. The molecule has 0 aliphatic carbocycles. The van der Waals surface area contributed by atoms with Gasteiger partial charge in [0.1, 0.15) is 15.7 Å². The van der Waals surface area contributed by atoms with E-state index in [9.17, 15) is 14.4 Å². The summed E-state index contributed by atoms with van der Waals surface area (Å²) in [5.74, 6) is -0.776. The van der Waals surface area contributed by atoms with E-state index in [-0.39, 0.29) is 18.1 Å². The molecular weight excluding hydrogens is 450 g/mol. The Hall–Kier alpha value is -3.78. The number of aryl methyl sites for hydroxylation is 1. The van der Waals surface area contributed by atoms with Crippen LogP contribution in [-0.2, 0) is 16.0 Å². The second-order valence-corrected chi connectivity index (χ2v) is 8.84. The highest BCUT2D eigenvalue weighted by molar-refractivity contribution is 7.20. The lowest BCUT2D eigenvalue weighted by Gasteiger charge is -2.17. The van der Waals surface area contributed by atoms with Crippen molar-refractivity contribution in [1.82, 2.24) is 9.55 Å². The summed E-state index contributed by atoms with van der Waals surface area (Å²) in [6.07, 6.45) is 2.39. The quantitative estimate of drug-likeness (QED) is 0.371. The number of para-hydroxylation sites is 1. The number of anilines is 1. The average molecular weight is 476 g/mol. The molecule has 0 saturated carbocycles. The van der Waals surface area contributed by atoms with Gasteiger partial charge in [-0.15, -0.1) is 11.3 Å². The lowest BCUT2D eigenvalue weighted by Crippen LogP contribution is -2.33. The third-order valence-corrected chi connectivity index (χ3v) is 6.77. The van der Waals surface area contributed by atoms with Crippen molar-refractivity contribution in [2.45, 2.75) is 32.7 Å². The first-order chi connectivity index (χ1) is 16.5. The Balaban J connectivity index is 1.56. The molecule has 8 heteroatoms. The van der Waals surface area contributed by atoms with Crippen molar-refractivity contribution >= 4 is 39.1 Å². The number of thiophene rings is 1. The molecule has 4 aromatic rings. The number of rotatable bonds is 8. The van der Waals surface area contributed by atoms with Gasteiger partial charge in [-0.25, -0.2) is 9.78 Å². The van der Waals surface area contributed by atoms with Crippen LogP contribution in [0.2, 0.25) is 0 Å². The number of nitrogens with zero attached hydrogens (tertiary/aromatic N) is 2. The lowest BCUT2D eigenvalue weighted by molar-refractivity contribution is -0.119. The van der Waals surface area contributed by atoms with E-state index in [4.69, 9.17) is 4.74 Å². The van der Waals surface area contributed by atoms with Crippen molar-refractivity contribution < 1.29 is 14.3 Å². The summed E-state index contributed by atoms with van der Waals surface area (Å²) in [7, 11) is 0. The number of ether oxygens (including phenoxy) is 1. The summed E-state index contributed by atoms with van der Waals surface area (Å²) in [5, 5.41) is 3.18. The highest BCUT2D eigenvalue weighted by atomic mass is 32.1. The van der Waals surface area contributed by atoms with Crippen LogP contribution in [0.3, 0.4) is 0 Å². The van der Waals surface area contributed by atoms with Crippen LogP contribution in [0.1, 0.15) is 40.2 Å². The molecule has 174 valence electrons. The van der Waals surface area contributed by atoms with Crippen LogP contribution in [0.25, 0.3) is 10.2 Å². The van der Waals surface area contributed by atoms with Crippen molar-refractivity contribution in [2.24, 2.45) is 0 Å². The van der Waals surface area contributed by atoms with Crippen LogP contribution in [0.15, 0.2) is 71.8 Å². The zero-order valence-electron chi connectivity index (χ0n) is 19.0. The van der Waals surface area contributed by atoms with Crippen LogP contribution in [0.4, 0.5) is 5.69 Å². The van der Waals surface area contributed by atoms with E-state index >= 15 is 0 Å². The Labute approximate surface area is 201 Å². The number of benzene rings is 2. The van der Waals surface area contributed by atoms with Gasteiger partial charge < -0.3 is 10.1 Å². The zero-order valence-corrected chi connectivity index (χ0v) is 19.8. The first kappa shape index (κ1) is 23.4. The number of hydrogen-bond donors (Lipinski definition) is 1. The lowest BCUT2D eigenvalue weighted by atomic mass is 10.1. The minimum atomic E-state index is -0.731. The molecule has 0 saturated heterocycles. The number of carbonyl (C=O) groups excluding carboxylic acids is 2. The molecule has 0 bridgehead atoms. The van der Waals surface area contributed by atoms with Gasteiger partial charge in [0.2, 0.25) is 5.91 Å². The summed E-state index contributed by atoms with van der Waals surface area (Å²) >= 11 is 1.13. The summed E-state index contributed by atoms with van der Waals surface area (Å²) < 4.78 is 6.79. The fourth-order valence-corrected chi connectivity index (χ4v) is 4.81. The first-order valence-corrected chi connectivity index (χ1v) is 11.9. The Morgan fingerprint density at radius 1 is 1.09 bits per heavy atom. The molecule has 1 atom stereocenters. The van der Waals surface area contributed by atoms with E-state index in [0.717, 1.165) is 16.9 Å². The van der Waals surface area contributed by atoms with Gasteiger partial charge in [0, 0.05) is 12.1 Å². The Morgan fingerprint density at radius 3 is 2.44 bits per heavy atom. The van der Waals surface area contributed by atoms with E-state index in [2.05, 4.69) is 10.3 Å². The molecule has 1 amide bonds. The van der Waals surface area contributed by atoms with Gasteiger partial charge in [-0.05, 0) is 36.6 Å². The standard InChI is InChI=1S/C26H25N3O4S/c1-3-20(23(30)28-19-12-8-5-9-13-19)29-16-27-24-21(25(29)31)17(2)22(34-24)26(32)33-15-14-18-10-6-4-7-11-18/h4-13,16,20H,3,14-15H2,1-2H3,(H,28,30). The van der Waals surface area contributed by atoms with E-state index in [1.165, 1.54) is 10.9 Å². The Bertz CT molecular complexity index is 1360. The maximum atomic E-state index is 13.3. The van der Waals surface area contributed by atoms with Gasteiger partial charge in [0.25, 0.3) is 5.56 Å². The molecular formula is C26H25N3O4S. The van der Waals surface area contributed by atoms with Gasteiger partial charge in [0.15, 0.2) is 0 Å². The molecule has 1 unspecified atom stereocenters. The van der Waals surface area contributed by atoms with Crippen LogP contribution in [0, 0.1) is 6.92 Å². The van der Waals surface area contributed by atoms with Crippen LogP contribution < -0.4 is 10.9 Å². The molecule has 2 aromatic carbocycles. The van der Waals surface area contributed by atoms with E-state index in [0.29, 0.717) is 39.2 Å². The van der Waals surface area contributed by atoms with E-state index < -0.39 is 12.0 Å². The fourth-order valence-electron chi connectivity index (χ4n) is 3.78. The Kier molecular flexibility index (Phi) is 7.18. The number of nitrogens with one attached hydrogen (secondary N) is 1. The van der Waals surface area contributed by atoms with Crippen LogP contribution in [-0.4, -0.2) is 28.0 Å². The topological polar surface area (TPSA) is 90.3 Å². The number of esters is 1. The second kappa shape index (κ2) is 10.4. The Morgan fingerprint density at radius 2 is 1.76 bits per heavy atom. The molecule has 34 heavy (non-hydrogen) atoms. The predicted octanol–water partition coefficient (Wildman–Crippen LogP) is 4.76. The number of aromatic nitrogens is 2. The first-order valence-electron chi connectivity index (χ1n) is 11.1. The summed E-state index contributed by atoms with van der Waals surface area (Å²) in [5.41, 5.74) is 1.90. The molecule has 0 spiro atoms. The minimum absolute atomic E-state index is 0.242. The predicted molar refractivity (Wildman–Crippen MR) is 133 cm³/mol. The SMILES string of the molecule is CCC(C(=O)Nc1ccccc1)n1cnc2sc(C(=O)OCCc3ccccc3)c(C)c2c1=O. The summed E-state index contributed by atoms with van der Waals surface area (Å²) in [4.78, 5) is 44.1. The molecule has 0 aliphatic rings. The number of amides is 1. The number of fused-ring (bicyclic) bond motifs is 1. The second-order valence-electron chi connectivity index (χ2n) is 7.84. The summed E-state index contributed by atoms with van der Waals surface area (Å²) in [6.45, 7) is 3.79. The average Bonchev–Trinajstić information content (AvgIpc) is 3.19. The maximum absolute atomic E-state index is 13.3. The molecule has 7 nitrogen and oxygen atoms in total. The molecule has 2 aromatic heterocycles. The van der Waals surface area contributed by atoms with Gasteiger partial charge in [-0.1, -0.05) is 55.5 Å². The van der Waals surface area contributed by atoms with Crippen molar-refractivity contribution in [2.75, 3.05) is 11.9 Å². The fraction of sp³-hybridized carbons (Fsp3) is 0.231. The van der Waals surface area contributed by atoms with Gasteiger partial charge >= 0.3 is 5.97 Å². The normalized spacial score (nSPS) is 11.8. The molecule has 1 N–H and O–H groups in total. The van der Waals surface area contributed by atoms with E-state index in [1.807, 2.05) is 55.5 Å². The van der Waals surface area contributed by atoms with Crippen molar-refractivity contribution in [1.29, 1.82) is 0 Å². The van der Waals surface area contributed by atoms with Crippen molar-refractivity contribution in [3.63, 3.8) is 0 Å². The minimum Gasteiger partial charge on any atom is -0.461 e. The van der Waals surface area contributed by atoms with Crippen molar-refractivity contribution in [3.8, 4) is 0 Å². The van der Waals surface area contributed by atoms with Crippen LogP contribution >= 0.6 is 11.3 Å². The smallest absolute Gasteiger partial charge is 0.348 e. The molecule has 0 aliphatic heterocycles.